The fourth-order valence-corrected chi connectivity index (χ4v) is 1.99. The Morgan fingerprint density at radius 2 is 2.47 bits per heavy atom. The molecule has 2 atom stereocenters. The van der Waals surface area contributed by atoms with Crippen molar-refractivity contribution < 1.29 is 9.53 Å². The lowest BCUT2D eigenvalue weighted by Gasteiger charge is -2.17. The van der Waals surface area contributed by atoms with E-state index in [9.17, 15) is 4.79 Å². The molecule has 0 aromatic heterocycles. The first-order chi connectivity index (χ1) is 7.22. The van der Waals surface area contributed by atoms with Gasteiger partial charge in [0.1, 0.15) is 0 Å². The molecule has 1 heterocycles. The first kappa shape index (κ1) is 12.5. The Labute approximate surface area is 91.8 Å². The van der Waals surface area contributed by atoms with Crippen LogP contribution in [-0.4, -0.2) is 38.3 Å². The second-order valence-corrected chi connectivity index (χ2v) is 4.21. The van der Waals surface area contributed by atoms with E-state index in [-0.39, 0.29) is 5.97 Å². The minimum atomic E-state index is -0.145. The van der Waals surface area contributed by atoms with Crippen molar-refractivity contribution in [3.8, 4) is 0 Å². The maximum absolute atomic E-state index is 10.9. The van der Waals surface area contributed by atoms with Gasteiger partial charge in [-0.25, -0.2) is 0 Å². The van der Waals surface area contributed by atoms with Crippen LogP contribution in [0.1, 0.15) is 32.6 Å². The van der Waals surface area contributed by atoms with Crippen molar-refractivity contribution in [3.05, 3.63) is 0 Å². The molecule has 2 unspecified atom stereocenters. The SMILES string of the molecule is COC(=O)CCNC(C)CC1CCCN1. The number of ether oxygens (including phenoxy) is 1. The van der Waals surface area contributed by atoms with Crippen molar-refractivity contribution in [2.45, 2.75) is 44.7 Å². The maximum Gasteiger partial charge on any atom is 0.306 e. The van der Waals surface area contributed by atoms with Gasteiger partial charge in [-0.2, -0.15) is 0 Å². The van der Waals surface area contributed by atoms with Crippen LogP contribution in [0.5, 0.6) is 0 Å². The lowest BCUT2D eigenvalue weighted by Crippen LogP contribution is -2.35. The van der Waals surface area contributed by atoms with Gasteiger partial charge in [0.15, 0.2) is 0 Å². The molecule has 0 aromatic rings. The topological polar surface area (TPSA) is 50.4 Å². The van der Waals surface area contributed by atoms with Crippen LogP contribution in [0.15, 0.2) is 0 Å². The lowest BCUT2D eigenvalue weighted by atomic mass is 10.1. The molecule has 1 aliphatic heterocycles. The highest BCUT2D eigenvalue weighted by molar-refractivity contribution is 5.69. The molecule has 15 heavy (non-hydrogen) atoms. The van der Waals surface area contributed by atoms with Crippen molar-refractivity contribution in [2.75, 3.05) is 20.2 Å². The molecule has 0 amide bonds. The van der Waals surface area contributed by atoms with Gasteiger partial charge >= 0.3 is 5.97 Å². The first-order valence-corrected chi connectivity index (χ1v) is 5.76. The summed E-state index contributed by atoms with van der Waals surface area (Å²) in [6, 6.07) is 1.12. The van der Waals surface area contributed by atoms with E-state index in [0.29, 0.717) is 25.0 Å². The fraction of sp³-hybridized carbons (Fsp3) is 0.909. The quantitative estimate of drug-likeness (QED) is 0.638. The third-order valence-electron chi connectivity index (χ3n) is 2.85. The molecule has 0 radical (unpaired) electrons. The van der Waals surface area contributed by atoms with Crippen LogP contribution in [0.2, 0.25) is 0 Å². The third-order valence-corrected chi connectivity index (χ3v) is 2.85. The molecule has 1 saturated heterocycles. The number of rotatable bonds is 6. The zero-order valence-electron chi connectivity index (χ0n) is 9.71. The Morgan fingerprint density at radius 1 is 1.67 bits per heavy atom. The van der Waals surface area contributed by atoms with Gasteiger partial charge in [0.05, 0.1) is 13.5 Å². The average molecular weight is 214 g/mol. The summed E-state index contributed by atoms with van der Waals surface area (Å²) >= 11 is 0. The standard InChI is InChI=1S/C11H22N2O2/c1-9(8-10-4-3-6-13-10)12-7-5-11(14)15-2/h9-10,12-13H,3-8H2,1-2H3. The molecule has 0 aliphatic carbocycles. The van der Waals surface area contributed by atoms with Crippen LogP contribution in [0.3, 0.4) is 0 Å². The Bertz CT molecular complexity index is 191. The predicted molar refractivity (Wildman–Crippen MR) is 59.7 cm³/mol. The van der Waals surface area contributed by atoms with Crippen LogP contribution < -0.4 is 10.6 Å². The average Bonchev–Trinajstić information content (AvgIpc) is 2.70. The zero-order chi connectivity index (χ0) is 11.1. The van der Waals surface area contributed by atoms with Gasteiger partial charge in [0.2, 0.25) is 0 Å². The molecule has 2 N–H and O–H groups in total. The Kier molecular flexibility index (Phi) is 5.65. The highest BCUT2D eigenvalue weighted by Gasteiger charge is 2.16. The number of hydrogen-bond donors (Lipinski definition) is 2. The smallest absolute Gasteiger partial charge is 0.306 e. The number of carbonyl (C=O) groups is 1. The van der Waals surface area contributed by atoms with Crippen molar-refractivity contribution in [3.63, 3.8) is 0 Å². The summed E-state index contributed by atoms with van der Waals surface area (Å²) in [5.41, 5.74) is 0. The number of hydrogen-bond acceptors (Lipinski definition) is 4. The molecule has 1 fully saturated rings. The summed E-state index contributed by atoms with van der Waals surface area (Å²) in [7, 11) is 1.42. The second kappa shape index (κ2) is 6.80. The van der Waals surface area contributed by atoms with Crippen molar-refractivity contribution in [2.24, 2.45) is 0 Å². The maximum atomic E-state index is 10.9. The number of esters is 1. The van der Waals surface area contributed by atoms with E-state index in [1.54, 1.807) is 0 Å². The van der Waals surface area contributed by atoms with Gasteiger partial charge in [-0.1, -0.05) is 0 Å². The van der Waals surface area contributed by atoms with E-state index in [0.717, 1.165) is 13.0 Å². The fourth-order valence-electron chi connectivity index (χ4n) is 1.99. The van der Waals surface area contributed by atoms with Gasteiger partial charge in [-0.05, 0) is 32.7 Å². The van der Waals surface area contributed by atoms with Crippen molar-refractivity contribution in [1.82, 2.24) is 10.6 Å². The summed E-state index contributed by atoms with van der Waals surface area (Å²) < 4.78 is 4.57. The lowest BCUT2D eigenvalue weighted by molar-refractivity contribution is -0.140. The normalized spacial score (nSPS) is 22.7. The zero-order valence-corrected chi connectivity index (χ0v) is 9.71. The number of methoxy groups -OCH3 is 1. The number of carbonyl (C=O) groups excluding carboxylic acids is 1. The molecule has 1 aliphatic rings. The van der Waals surface area contributed by atoms with Crippen LogP contribution in [-0.2, 0) is 9.53 Å². The van der Waals surface area contributed by atoms with Gasteiger partial charge < -0.3 is 15.4 Å². The Hall–Kier alpha value is -0.610. The van der Waals surface area contributed by atoms with Crippen molar-refractivity contribution in [1.29, 1.82) is 0 Å². The summed E-state index contributed by atoms with van der Waals surface area (Å²) in [5.74, 6) is -0.145. The predicted octanol–water partition coefficient (Wildman–Crippen LogP) is 0.670. The van der Waals surface area contributed by atoms with Crippen molar-refractivity contribution >= 4 is 5.97 Å². The van der Waals surface area contributed by atoms with Gasteiger partial charge in [0, 0.05) is 18.6 Å². The second-order valence-electron chi connectivity index (χ2n) is 4.21. The molecular formula is C11H22N2O2. The molecule has 4 heteroatoms. The first-order valence-electron chi connectivity index (χ1n) is 5.76. The highest BCUT2D eigenvalue weighted by Crippen LogP contribution is 2.10. The minimum absolute atomic E-state index is 0.145. The van der Waals surface area contributed by atoms with Crippen LogP contribution >= 0.6 is 0 Å². The molecule has 1 rings (SSSR count). The van der Waals surface area contributed by atoms with E-state index < -0.39 is 0 Å². The van der Waals surface area contributed by atoms with Gasteiger partial charge in [-0.3, -0.25) is 4.79 Å². The van der Waals surface area contributed by atoms with E-state index >= 15 is 0 Å². The van der Waals surface area contributed by atoms with E-state index in [4.69, 9.17) is 0 Å². The van der Waals surface area contributed by atoms with Crippen LogP contribution in [0.25, 0.3) is 0 Å². The molecule has 88 valence electrons. The minimum Gasteiger partial charge on any atom is -0.469 e. The molecular weight excluding hydrogens is 192 g/mol. The van der Waals surface area contributed by atoms with Crippen LogP contribution in [0, 0.1) is 0 Å². The molecule has 0 bridgehead atoms. The van der Waals surface area contributed by atoms with E-state index in [1.807, 2.05) is 0 Å². The Balaban J connectivity index is 2.02. The van der Waals surface area contributed by atoms with Crippen LogP contribution in [0.4, 0.5) is 0 Å². The monoisotopic (exact) mass is 214 g/mol. The molecule has 0 spiro atoms. The van der Waals surface area contributed by atoms with E-state index in [2.05, 4.69) is 22.3 Å². The molecule has 0 saturated carbocycles. The largest absolute Gasteiger partial charge is 0.469 e. The van der Waals surface area contributed by atoms with E-state index in [1.165, 1.54) is 20.0 Å². The Morgan fingerprint density at radius 3 is 3.07 bits per heavy atom. The van der Waals surface area contributed by atoms with Gasteiger partial charge in [0.25, 0.3) is 0 Å². The number of nitrogens with one attached hydrogen (secondary N) is 2. The summed E-state index contributed by atoms with van der Waals surface area (Å²) in [6.07, 6.45) is 4.17. The van der Waals surface area contributed by atoms with Gasteiger partial charge in [-0.15, -0.1) is 0 Å². The summed E-state index contributed by atoms with van der Waals surface area (Å²) in [6.45, 7) is 4.03. The summed E-state index contributed by atoms with van der Waals surface area (Å²) in [5, 5.41) is 6.80. The summed E-state index contributed by atoms with van der Waals surface area (Å²) in [4.78, 5) is 10.9. The third kappa shape index (κ3) is 5.14. The highest BCUT2D eigenvalue weighted by atomic mass is 16.5. The molecule has 4 nitrogen and oxygen atoms in total. The molecule has 0 aromatic carbocycles.